The van der Waals surface area contributed by atoms with Crippen molar-refractivity contribution in [1.29, 1.82) is 0 Å². The first-order chi connectivity index (χ1) is 13.8. The van der Waals surface area contributed by atoms with Gasteiger partial charge >= 0.3 is 6.18 Å². The van der Waals surface area contributed by atoms with E-state index in [-0.39, 0.29) is 12.3 Å². The van der Waals surface area contributed by atoms with Gasteiger partial charge in [-0.1, -0.05) is 12.1 Å². The van der Waals surface area contributed by atoms with Gasteiger partial charge in [0.1, 0.15) is 11.9 Å². The van der Waals surface area contributed by atoms with E-state index >= 15 is 0 Å². The predicted octanol–water partition coefficient (Wildman–Crippen LogP) is 3.33. The van der Waals surface area contributed by atoms with Gasteiger partial charge in [0.05, 0.1) is 26.9 Å². The predicted molar refractivity (Wildman–Crippen MR) is 100 cm³/mol. The molecule has 0 aromatic heterocycles. The lowest BCUT2D eigenvalue weighted by Crippen LogP contribution is -2.26. The maximum absolute atomic E-state index is 12.9. The molecule has 2 aromatic carbocycles. The molecule has 1 unspecified atom stereocenters. The molecule has 1 heterocycles. The van der Waals surface area contributed by atoms with Crippen LogP contribution in [0.2, 0.25) is 0 Å². The standard InChI is InChI=1S/C20H19F3N2O4/c1-27-15-8-12(9-16(28-2)18(15)29-3)17(26)14-10-24-19(25-14)11-4-6-13(7-5-11)20(21,22)23/h4-9,14H,10H2,1-3H3,(H,24,25). The minimum atomic E-state index is -4.41. The second-order valence-electron chi connectivity index (χ2n) is 6.23. The monoisotopic (exact) mass is 408 g/mol. The normalized spacial score (nSPS) is 16.1. The number of amidine groups is 1. The Morgan fingerprint density at radius 3 is 2.10 bits per heavy atom. The minimum Gasteiger partial charge on any atom is -0.493 e. The average Bonchev–Trinajstić information content (AvgIpc) is 3.21. The van der Waals surface area contributed by atoms with Crippen molar-refractivity contribution in [1.82, 2.24) is 5.32 Å². The van der Waals surface area contributed by atoms with Crippen molar-refractivity contribution in [2.45, 2.75) is 12.2 Å². The molecule has 0 radical (unpaired) electrons. The van der Waals surface area contributed by atoms with E-state index in [1.165, 1.54) is 45.6 Å². The van der Waals surface area contributed by atoms with E-state index in [2.05, 4.69) is 10.3 Å². The number of Topliss-reactive ketones (excluding diaryl/α,β-unsaturated/α-hetero) is 1. The molecule has 1 aliphatic rings. The Hall–Kier alpha value is -3.23. The van der Waals surface area contributed by atoms with Crippen LogP contribution in [-0.4, -0.2) is 45.5 Å². The van der Waals surface area contributed by atoms with E-state index in [0.717, 1.165) is 12.1 Å². The number of hydrogen-bond acceptors (Lipinski definition) is 6. The largest absolute Gasteiger partial charge is 0.493 e. The van der Waals surface area contributed by atoms with Gasteiger partial charge in [-0.25, -0.2) is 0 Å². The summed E-state index contributed by atoms with van der Waals surface area (Å²) in [5.41, 5.74) is 0.0480. The Morgan fingerprint density at radius 2 is 1.62 bits per heavy atom. The Balaban J connectivity index is 1.85. The number of rotatable bonds is 6. The van der Waals surface area contributed by atoms with Gasteiger partial charge in [-0.05, 0) is 24.3 Å². The number of carbonyl (C=O) groups is 1. The molecule has 0 saturated heterocycles. The van der Waals surface area contributed by atoms with E-state index in [9.17, 15) is 18.0 Å². The van der Waals surface area contributed by atoms with Crippen molar-refractivity contribution in [3.63, 3.8) is 0 Å². The molecule has 1 atom stereocenters. The molecule has 0 saturated carbocycles. The highest BCUT2D eigenvalue weighted by atomic mass is 19.4. The number of methoxy groups -OCH3 is 3. The lowest BCUT2D eigenvalue weighted by atomic mass is 10.0. The fourth-order valence-electron chi connectivity index (χ4n) is 3.00. The first kappa shape index (κ1) is 20.5. The van der Waals surface area contributed by atoms with Gasteiger partial charge in [0.2, 0.25) is 5.75 Å². The molecule has 29 heavy (non-hydrogen) atoms. The van der Waals surface area contributed by atoms with Crippen LogP contribution < -0.4 is 19.5 Å². The molecule has 1 aliphatic heterocycles. The molecule has 0 amide bonds. The number of carbonyl (C=O) groups excluding carboxylic acids is 1. The van der Waals surface area contributed by atoms with Gasteiger partial charge in [-0.2, -0.15) is 13.2 Å². The van der Waals surface area contributed by atoms with Crippen molar-refractivity contribution < 1.29 is 32.2 Å². The fourth-order valence-corrected chi connectivity index (χ4v) is 3.00. The molecule has 0 fully saturated rings. The maximum Gasteiger partial charge on any atom is 0.416 e. The van der Waals surface area contributed by atoms with Gasteiger partial charge in [0.25, 0.3) is 0 Å². The van der Waals surface area contributed by atoms with Gasteiger partial charge in [0, 0.05) is 17.7 Å². The highest BCUT2D eigenvalue weighted by Crippen LogP contribution is 2.38. The molecule has 154 valence electrons. The lowest BCUT2D eigenvalue weighted by Gasteiger charge is -2.14. The van der Waals surface area contributed by atoms with Gasteiger partial charge in [0.15, 0.2) is 17.3 Å². The summed E-state index contributed by atoms with van der Waals surface area (Å²) in [6.45, 7) is 0.228. The van der Waals surface area contributed by atoms with Crippen LogP contribution in [0.5, 0.6) is 17.2 Å². The SMILES string of the molecule is COc1cc(C(=O)C2CNC(c3ccc(C(F)(F)F)cc3)=N2)cc(OC)c1OC. The van der Waals surface area contributed by atoms with Crippen molar-refractivity contribution in [3.8, 4) is 17.2 Å². The second-order valence-corrected chi connectivity index (χ2v) is 6.23. The lowest BCUT2D eigenvalue weighted by molar-refractivity contribution is -0.137. The van der Waals surface area contributed by atoms with E-state index in [1.807, 2.05) is 0 Å². The fraction of sp³-hybridized carbons (Fsp3) is 0.300. The van der Waals surface area contributed by atoms with Gasteiger partial charge in [-0.15, -0.1) is 0 Å². The Morgan fingerprint density at radius 1 is 1.03 bits per heavy atom. The second kappa shape index (κ2) is 8.02. The molecule has 3 rings (SSSR count). The zero-order valence-corrected chi connectivity index (χ0v) is 16.0. The summed E-state index contributed by atoms with van der Waals surface area (Å²) in [6, 6.07) is 6.95. The Labute approximate surface area is 165 Å². The highest BCUT2D eigenvalue weighted by molar-refractivity contribution is 6.07. The molecule has 6 nitrogen and oxygen atoms in total. The first-order valence-electron chi connectivity index (χ1n) is 8.62. The summed E-state index contributed by atoms with van der Waals surface area (Å²) < 4.78 is 53.9. The number of halogens is 3. The van der Waals surface area contributed by atoms with Crippen LogP contribution >= 0.6 is 0 Å². The average molecular weight is 408 g/mol. The van der Waals surface area contributed by atoms with Crippen molar-refractivity contribution in [3.05, 3.63) is 53.1 Å². The third-order valence-corrected chi connectivity index (χ3v) is 4.49. The number of benzene rings is 2. The number of aliphatic imine (C=N–C) groups is 1. The van der Waals surface area contributed by atoms with Crippen LogP contribution in [-0.2, 0) is 6.18 Å². The van der Waals surface area contributed by atoms with Crippen LogP contribution in [0, 0.1) is 0 Å². The van der Waals surface area contributed by atoms with Crippen LogP contribution in [0.4, 0.5) is 13.2 Å². The van der Waals surface area contributed by atoms with Gasteiger partial charge < -0.3 is 19.5 Å². The summed E-state index contributed by atoms with van der Waals surface area (Å²) in [5, 5.41) is 2.97. The van der Waals surface area contributed by atoms with E-state index in [1.54, 1.807) is 0 Å². The smallest absolute Gasteiger partial charge is 0.416 e. The quantitative estimate of drug-likeness (QED) is 0.743. The van der Waals surface area contributed by atoms with E-state index in [4.69, 9.17) is 14.2 Å². The number of ether oxygens (including phenoxy) is 3. The summed E-state index contributed by atoms with van der Waals surface area (Å²) >= 11 is 0. The summed E-state index contributed by atoms with van der Waals surface area (Å²) in [5.74, 6) is 1.13. The topological polar surface area (TPSA) is 69.2 Å². The third kappa shape index (κ3) is 4.13. The molecule has 1 N–H and O–H groups in total. The maximum atomic E-state index is 12.9. The van der Waals surface area contributed by atoms with Crippen LogP contribution in [0.15, 0.2) is 41.4 Å². The number of alkyl halides is 3. The van der Waals surface area contributed by atoms with E-state index < -0.39 is 17.8 Å². The summed E-state index contributed by atoms with van der Waals surface area (Å²) in [6.07, 6.45) is -4.41. The summed E-state index contributed by atoms with van der Waals surface area (Å²) in [4.78, 5) is 17.2. The first-order valence-corrected chi connectivity index (χ1v) is 8.62. The molecule has 9 heteroatoms. The number of nitrogens with one attached hydrogen (secondary N) is 1. The third-order valence-electron chi connectivity index (χ3n) is 4.49. The van der Waals surface area contributed by atoms with Crippen LogP contribution in [0.1, 0.15) is 21.5 Å². The zero-order valence-electron chi connectivity index (χ0n) is 16.0. The molecule has 0 spiro atoms. The van der Waals surface area contributed by atoms with Crippen molar-refractivity contribution in [2.24, 2.45) is 4.99 Å². The van der Waals surface area contributed by atoms with Crippen LogP contribution in [0.25, 0.3) is 0 Å². The molecular weight excluding hydrogens is 389 g/mol. The van der Waals surface area contributed by atoms with Crippen molar-refractivity contribution >= 4 is 11.6 Å². The number of hydrogen-bond donors (Lipinski definition) is 1. The number of nitrogens with zero attached hydrogens (tertiary/aromatic N) is 1. The van der Waals surface area contributed by atoms with Gasteiger partial charge in [-0.3, -0.25) is 9.79 Å². The van der Waals surface area contributed by atoms with Crippen LogP contribution in [0.3, 0.4) is 0 Å². The van der Waals surface area contributed by atoms with Crippen molar-refractivity contribution in [2.75, 3.05) is 27.9 Å². The Kier molecular flexibility index (Phi) is 5.67. The highest BCUT2D eigenvalue weighted by Gasteiger charge is 2.31. The molecule has 2 aromatic rings. The molecule has 0 aliphatic carbocycles. The van der Waals surface area contributed by atoms with E-state index in [0.29, 0.717) is 34.2 Å². The minimum absolute atomic E-state index is 0.228. The number of ketones is 1. The zero-order chi connectivity index (χ0) is 21.2. The Bertz CT molecular complexity index is 915. The molecular formula is C20H19F3N2O4. The summed E-state index contributed by atoms with van der Waals surface area (Å²) in [7, 11) is 4.36. The molecule has 0 bridgehead atoms.